The summed E-state index contributed by atoms with van der Waals surface area (Å²) in [6.07, 6.45) is 1.89. The fourth-order valence-corrected chi connectivity index (χ4v) is 2.98. The van der Waals surface area contributed by atoms with Crippen molar-refractivity contribution in [2.75, 3.05) is 21.3 Å². The van der Waals surface area contributed by atoms with Gasteiger partial charge in [-0.15, -0.1) is 0 Å². The van der Waals surface area contributed by atoms with Gasteiger partial charge in [-0.05, 0) is 29.3 Å². The monoisotopic (exact) mass is 374 g/mol. The lowest BCUT2D eigenvalue weighted by Gasteiger charge is -2.15. The predicted octanol–water partition coefficient (Wildman–Crippen LogP) is 5.14. The number of Topliss-reactive ketones (excluding diaryl/α,β-unsaturated/α-hetero) is 1. The summed E-state index contributed by atoms with van der Waals surface area (Å²) < 4.78 is 16.2. The number of benzene rings is 3. The minimum atomic E-state index is -0.130. The average Bonchev–Trinajstić information content (AvgIpc) is 2.77. The Kier molecular flexibility index (Phi) is 6.12. The van der Waals surface area contributed by atoms with E-state index in [0.29, 0.717) is 28.4 Å². The standard InChI is InChI=1S/C24H22O4/c1-26-21-15-19(16-22(27-2)24(21)28-3)23(25)20(18-12-8-5-9-13-18)14-17-10-6-4-7-11-17/h4-16H,1-3H3. The Morgan fingerprint density at radius 1 is 0.714 bits per heavy atom. The van der Waals surface area contributed by atoms with Crippen LogP contribution in [0.4, 0.5) is 0 Å². The molecular weight excluding hydrogens is 352 g/mol. The van der Waals surface area contributed by atoms with Crippen molar-refractivity contribution < 1.29 is 19.0 Å². The van der Waals surface area contributed by atoms with Crippen LogP contribution in [0.25, 0.3) is 11.6 Å². The summed E-state index contributed by atoms with van der Waals surface area (Å²) in [5, 5.41) is 0. The number of allylic oxidation sites excluding steroid dienone is 1. The van der Waals surface area contributed by atoms with E-state index in [-0.39, 0.29) is 5.78 Å². The van der Waals surface area contributed by atoms with Gasteiger partial charge in [0.05, 0.1) is 21.3 Å². The highest BCUT2D eigenvalue weighted by atomic mass is 16.5. The smallest absolute Gasteiger partial charge is 0.203 e. The Morgan fingerprint density at radius 3 is 1.75 bits per heavy atom. The molecule has 0 saturated heterocycles. The Bertz CT molecular complexity index is 951. The molecule has 0 amide bonds. The van der Waals surface area contributed by atoms with Gasteiger partial charge in [-0.3, -0.25) is 4.79 Å². The topological polar surface area (TPSA) is 44.8 Å². The van der Waals surface area contributed by atoms with Crippen LogP contribution in [-0.4, -0.2) is 27.1 Å². The van der Waals surface area contributed by atoms with Crippen molar-refractivity contribution in [1.82, 2.24) is 0 Å². The first-order chi connectivity index (χ1) is 13.7. The summed E-state index contributed by atoms with van der Waals surface area (Å²) in [4.78, 5) is 13.5. The molecule has 0 bridgehead atoms. The largest absolute Gasteiger partial charge is 0.493 e. The molecule has 0 unspecified atom stereocenters. The highest BCUT2D eigenvalue weighted by Gasteiger charge is 2.20. The van der Waals surface area contributed by atoms with Gasteiger partial charge in [0.2, 0.25) is 5.75 Å². The van der Waals surface area contributed by atoms with E-state index in [1.807, 2.05) is 66.7 Å². The predicted molar refractivity (Wildman–Crippen MR) is 111 cm³/mol. The van der Waals surface area contributed by atoms with Crippen molar-refractivity contribution in [3.63, 3.8) is 0 Å². The number of carbonyl (C=O) groups excluding carboxylic acids is 1. The van der Waals surface area contributed by atoms with Crippen LogP contribution in [0.15, 0.2) is 72.8 Å². The number of ketones is 1. The molecule has 0 aliphatic rings. The Morgan fingerprint density at radius 2 is 1.25 bits per heavy atom. The molecule has 4 heteroatoms. The van der Waals surface area contributed by atoms with E-state index in [9.17, 15) is 4.79 Å². The number of hydrogen-bond acceptors (Lipinski definition) is 4. The van der Waals surface area contributed by atoms with Gasteiger partial charge in [-0.25, -0.2) is 0 Å². The second-order valence-electron chi connectivity index (χ2n) is 6.08. The minimum Gasteiger partial charge on any atom is -0.493 e. The fraction of sp³-hybridized carbons (Fsp3) is 0.125. The Balaban J connectivity index is 2.14. The van der Waals surface area contributed by atoms with Crippen LogP contribution in [0.1, 0.15) is 21.5 Å². The summed E-state index contributed by atoms with van der Waals surface area (Å²) >= 11 is 0. The third-order valence-corrected chi connectivity index (χ3v) is 4.37. The van der Waals surface area contributed by atoms with Gasteiger partial charge in [0.25, 0.3) is 0 Å². The zero-order valence-electron chi connectivity index (χ0n) is 16.1. The summed E-state index contributed by atoms with van der Waals surface area (Å²) in [6, 6.07) is 22.7. The zero-order valence-corrected chi connectivity index (χ0v) is 16.1. The molecule has 0 spiro atoms. The molecule has 0 fully saturated rings. The molecule has 0 saturated carbocycles. The summed E-state index contributed by atoms with van der Waals surface area (Å²) in [5.41, 5.74) is 2.83. The van der Waals surface area contributed by atoms with E-state index in [1.54, 1.807) is 12.1 Å². The molecule has 0 aliphatic heterocycles. The first-order valence-corrected chi connectivity index (χ1v) is 8.84. The van der Waals surface area contributed by atoms with Gasteiger partial charge >= 0.3 is 0 Å². The lowest BCUT2D eigenvalue weighted by Crippen LogP contribution is -2.05. The molecule has 0 N–H and O–H groups in total. The first-order valence-electron chi connectivity index (χ1n) is 8.84. The molecule has 3 aromatic carbocycles. The van der Waals surface area contributed by atoms with Crippen molar-refractivity contribution >= 4 is 17.4 Å². The zero-order chi connectivity index (χ0) is 19.9. The lowest BCUT2D eigenvalue weighted by atomic mass is 9.94. The molecule has 0 radical (unpaired) electrons. The Labute approximate surface area is 165 Å². The molecule has 0 atom stereocenters. The lowest BCUT2D eigenvalue weighted by molar-refractivity contribution is 0.105. The van der Waals surface area contributed by atoms with Crippen molar-refractivity contribution in [3.8, 4) is 17.2 Å². The third-order valence-electron chi connectivity index (χ3n) is 4.37. The minimum absolute atomic E-state index is 0.130. The van der Waals surface area contributed by atoms with Gasteiger partial charge in [0, 0.05) is 11.1 Å². The van der Waals surface area contributed by atoms with Gasteiger partial charge in [-0.1, -0.05) is 60.7 Å². The van der Waals surface area contributed by atoms with Crippen LogP contribution in [0.5, 0.6) is 17.2 Å². The average molecular weight is 374 g/mol. The van der Waals surface area contributed by atoms with Crippen molar-refractivity contribution in [2.24, 2.45) is 0 Å². The molecule has 28 heavy (non-hydrogen) atoms. The van der Waals surface area contributed by atoms with E-state index in [0.717, 1.165) is 11.1 Å². The van der Waals surface area contributed by atoms with E-state index in [1.165, 1.54) is 21.3 Å². The van der Waals surface area contributed by atoms with Crippen LogP contribution in [0, 0.1) is 0 Å². The first kappa shape index (κ1) is 19.2. The second kappa shape index (κ2) is 8.91. The van der Waals surface area contributed by atoms with Crippen molar-refractivity contribution in [3.05, 3.63) is 89.5 Å². The SMILES string of the molecule is COc1cc(C(=O)C(=Cc2ccccc2)c2ccccc2)cc(OC)c1OC. The maximum atomic E-state index is 13.5. The normalized spacial score (nSPS) is 11.0. The van der Waals surface area contributed by atoms with Gasteiger partial charge < -0.3 is 14.2 Å². The molecule has 0 heterocycles. The highest BCUT2D eigenvalue weighted by molar-refractivity contribution is 6.32. The number of ether oxygens (including phenoxy) is 3. The van der Waals surface area contributed by atoms with Crippen LogP contribution < -0.4 is 14.2 Å². The quantitative estimate of drug-likeness (QED) is 0.326. The van der Waals surface area contributed by atoms with E-state index < -0.39 is 0 Å². The molecule has 142 valence electrons. The van der Waals surface area contributed by atoms with E-state index >= 15 is 0 Å². The summed E-state index contributed by atoms with van der Waals surface area (Å²) in [5.74, 6) is 1.21. The Hall–Kier alpha value is -3.53. The summed E-state index contributed by atoms with van der Waals surface area (Å²) in [6.45, 7) is 0. The third kappa shape index (κ3) is 4.07. The molecule has 4 nitrogen and oxygen atoms in total. The fourth-order valence-electron chi connectivity index (χ4n) is 2.98. The number of rotatable bonds is 7. The number of hydrogen-bond donors (Lipinski definition) is 0. The van der Waals surface area contributed by atoms with Gasteiger partial charge in [0.15, 0.2) is 17.3 Å². The van der Waals surface area contributed by atoms with Crippen LogP contribution in [0.3, 0.4) is 0 Å². The number of methoxy groups -OCH3 is 3. The maximum absolute atomic E-state index is 13.5. The molecular formula is C24H22O4. The van der Waals surface area contributed by atoms with E-state index in [4.69, 9.17) is 14.2 Å². The molecule has 3 aromatic rings. The number of carbonyl (C=O) groups is 1. The molecule has 0 aromatic heterocycles. The maximum Gasteiger partial charge on any atom is 0.203 e. The highest BCUT2D eigenvalue weighted by Crippen LogP contribution is 2.39. The van der Waals surface area contributed by atoms with Crippen molar-refractivity contribution in [1.29, 1.82) is 0 Å². The van der Waals surface area contributed by atoms with Crippen LogP contribution in [0.2, 0.25) is 0 Å². The molecule has 0 aliphatic carbocycles. The van der Waals surface area contributed by atoms with Crippen LogP contribution in [-0.2, 0) is 0 Å². The van der Waals surface area contributed by atoms with Gasteiger partial charge in [0.1, 0.15) is 0 Å². The van der Waals surface area contributed by atoms with Gasteiger partial charge in [-0.2, -0.15) is 0 Å². The summed E-state index contributed by atoms with van der Waals surface area (Å²) in [7, 11) is 4.60. The van der Waals surface area contributed by atoms with Crippen LogP contribution >= 0.6 is 0 Å². The second-order valence-corrected chi connectivity index (χ2v) is 6.08. The van der Waals surface area contributed by atoms with Crippen molar-refractivity contribution in [2.45, 2.75) is 0 Å². The van der Waals surface area contributed by atoms with E-state index in [2.05, 4.69) is 0 Å². The molecule has 3 rings (SSSR count).